The minimum absolute atomic E-state index is 0.0519. The molecule has 0 fully saturated rings. The average molecular weight is 285 g/mol. The van der Waals surface area contributed by atoms with E-state index in [9.17, 15) is 20.0 Å². The first kappa shape index (κ1) is 14.9. The molecule has 2 rings (SSSR count). The summed E-state index contributed by atoms with van der Waals surface area (Å²) in [6.07, 6.45) is -0.0885. The molecular formula is C16H15NO4. The Kier molecular flexibility index (Phi) is 4.14. The van der Waals surface area contributed by atoms with E-state index in [0.29, 0.717) is 11.1 Å². The summed E-state index contributed by atoms with van der Waals surface area (Å²) in [5.74, 6) is -0.182. The lowest BCUT2D eigenvalue weighted by Crippen LogP contribution is -2.25. The molecule has 0 radical (unpaired) electrons. The lowest BCUT2D eigenvalue weighted by atomic mass is 9.88. The normalized spacial score (nSPS) is 13.4. The molecule has 108 valence electrons. The highest BCUT2D eigenvalue weighted by molar-refractivity contribution is 5.96. The van der Waals surface area contributed by atoms with E-state index in [0.717, 1.165) is 0 Å². The third-order valence-electron chi connectivity index (χ3n) is 3.30. The van der Waals surface area contributed by atoms with Crippen LogP contribution in [0.5, 0.6) is 0 Å². The molecule has 0 bridgehead atoms. The van der Waals surface area contributed by atoms with Crippen molar-refractivity contribution < 1.29 is 14.8 Å². The Labute approximate surface area is 122 Å². The summed E-state index contributed by atoms with van der Waals surface area (Å²) in [6, 6.07) is 14.3. The van der Waals surface area contributed by atoms with Crippen molar-refractivity contribution in [3.05, 3.63) is 75.8 Å². The highest BCUT2D eigenvalue weighted by atomic mass is 16.6. The number of benzene rings is 2. The molecule has 21 heavy (non-hydrogen) atoms. The molecule has 0 spiro atoms. The smallest absolute Gasteiger partial charge is 0.269 e. The van der Waals surface area contributed by atoms with Crippen molar-refractivity contribution in [2.45, 2.75) is 18.9 Å². The predicted molar refractivity (Wildman–Crippen MR) is 78.1 cm³/mol. The van der Waals surface area contributed by atoms with Crippen LogP contribution in [0.3, 0.4) is 0 Å². The lowest BCUT2D eigenvalue weighted by Gasteiger charge is -2.23. The van der Waals surface area contributed by atoms with Crippen molar-refractivity contribution in [1.29, 1.82) is 0 Å². The van der Waals surface area contributed by atoms with Crippen LogP contribution in [0, 0.1) is 10.1 Å². The number of carbonyl (C=O) groups excluding carboxylic acids is 1. The molecule has 0 aliphatic carbocycles. The highest BCUT2D eigenvalue weighted by Gasteiger charge is 2.27. The van der Waals surface area contributed by atoms with Crippen LogP contribution >= 0.6 is 0 Å². The summed E-state index contributed by atoms with van der Waals surface area (Å²) in [5.41, 5.74) is -0.428. The van der Waals surface area contributed by atoms with Crippen LogP contribution < -0.4 is 0 Å². The Bertz CT molecular complexity index is 648. The first-order valence-corrected chi connectivity index (χ1v) is 6.46. The standard InChI is InChI=1S/C16H15NO4/c1-16(19,11-15(18)12-5-3-2-4-6-12)13-7-9-14(10-8-13)17(20)21/h2-10,19H,11H2,1H3. The molecule has 5 heteroatoms. The van der Waals surface area contributed by atoms with Crippen molar-refractivity contribution in [2.24, 2.45) is 0 Å². The monoisotopic (exact) mass is 285 g/mol. The second-order valence-electron chi connectivity index (χ2n) is 5.04. The lowest BCUT2D eigenvalue weighted by molar-refractivity contribution is -0.384. The Morgan fingerprint density at radius 1 is 1.14 bits per heavy atom. The number of rotatable bonds is 5. The van der Waals surface area contributed by atoms with E-state index in [1.807, 2.05) is 6.07 Å². The van der Waals surface area contributed by atoms with Crippen LogP contribution in [0.15, 0.2) is 54.6 Å². The Hall–Kier alpha value is -2.53. The van der Waals surface area contributed by atoms with Gasteiger partial charge in [-0.25, -0.2) is 0 Å². The zero-order chi connectivity index (χ0) is 15.5. The molecule has 2 aromatic carbocycles. The molecule has 5 nitrogen and oxygen atoms in total. The zero-order valence-electron chi connectivity index (χ0n) is 11.5. The number of hydrogen-bond donors (Lipinski definition) is 1. The number of Topliss-reactive ketones (excluding diaryl/α,β-unsaturated/α-hetero) is 1. The maximum atomic E-state index is 12.1. The summed E-state index contributed by atoms with van der Waals surface area (Å²) in [4.78, 5) is 22.2. The zero-order valence-corrected chi connectivity index (χ0v) is 11.5. The van der Waals surface area contributed by atoms with Gasteiger partial charge in [0.2, 0.25) is 0 Å². The van der Waals surface area contributed by atoms with Crippen molar-refractivity contribution >= 4 is 11.5 Å². The Morgan fingerprint density at radius 2 is 1.71 bits per heavy atom. The summed E-state index contributed by atoms with van der Waals surface area (Å²) >= 11 is 0. The number of ketones is 1. The molecule has 1 atom stereocenters. The molecule has 0 saturated carbocycles. The average Bonchev–Trinajstić information content (AvgIpc) is 2.48. The van der Waals surface area contributed by atoms with Crippen molar-refractivity contribution in [3.63, 3.8) is 0 Å². The van der Waals surface area contributed by atoms with Crippen molar-refractivity contribution in [1.82, 2.24) is 0 Å². The summed E-state index contributed by atoms with van der Waals surface area (Å²) in [7, 11) is 0. The minimum Gasteiger partial charge on any atom is -0.385 e. The SMILES string of the molecule is CC(O)(CC(=O)c1ccccc1)c1ccc([N+](=O)[O-])cc1. The fraction of sp³-hybridized carbons (Fsp3) is 0.188. The molecule has 0 aliphatic rings. The van der Waals surface area contributed by atoms with Gasteiger partial charge in [-0.05, 0) is 24.6 Å². The number of nitro groups is 1. The molecule has 0 aliphatic heterocycles. The summed E-state index contributed by atoms with van der Waals surface area (Å²) in [6.45, 7) is 1.52. The van der Waals surface area contributed by atoms with E-state index in [1.54, 1.807) is 24.3 Å². The van der Waals surface area contributed by atoms with Crippen molar-refractivity contribution in [2.75, 3.05) is 0 Å². The molecular weight excluding hydrogens is 270 g/mol. The van der Waals surface area contributed by atoms with Crippen LogP contribution in [0.1, 0.15) is 29.3 Å². The fourth-order valence-electron chi connectivity index (χ4n) is 2.08. The van der Waals surface area contributed by atoms with Gasteiger partial charge in [-0.2, -0.15) is 0 Å². The van der Waals surface area contributed by atoms with Gasteiger partial charge < -0.3 is 5.11 Å². The molecule has 2 aromatic rings. The van der Waals surface area contributed by atoms with Gasteiger partial charge in [0.25, 0.3) is 5.69 Å². The third kappa shape index (κ3) is 3.52. The van der Waals surface area contributed by atoms with E-state index in [2.05, 4.69) is 0 Å². The van der Waals surface area contributed by atoms with Gasteiger partial charge in [0, 0.05) is 24.1 Å². The largest absolute Gasteiger partial charge is 0.385 e. The molecule has 0 aromatic heterocycles. The number of carbonyl (C=O) groups is 1. The topological polar surface area (TPSA) is 80.4 Å². The molecule has 1 unspecified atom stereocenters. The predicted octanol–water partition coefficient (Wildman–Crippen LogP) is 3.08. The van der Waals surface area contributed by atoms with Gasteiger partial charge in [0.05, 0.1) is 10.5 Å². The Morgan fingerprint density at radius 3 is 2.24 bits per heavy atom. The van der Waals surface area contributed by atoms with E-state index < -0.39 is 10.5 Å². The number of hydrogen-bond acceptors (Lipinski definition) is 4. The number of nitrogens with zero attached hydrogens (tertiary/aromatic N) is 1. The van der Waals surface area contributed by atoms with Gasteiger partial charge in [0.15, 0.2) is 5.78 Å². The molecule has 0 amide bonds. The van der Waals surface area contributed by atoms with Crippen LogP contribution in [-0.4, -0.2) is 15.8 Å². The second kappa shape index (κ2) is 5.85. The van der Waals surface area contributed by atoms with Gasteiger partial charge in [-0.15, -0.1) is 0 Å². The molecule has 1 N–H and O–H groups in total. The number of non-ortho nitro benzene ring substituents is 1. The van der Waals surface area contributed by atoms with Gasteiger partial charge in [-0.1, -0.05) is 30.3 Å². The maximum Gasteiger partial charge on any atom is 0.269 e. The number of aliphatic hydroxyl groups is 1. The first-order chi connectivity index (χ1) is 9.90. The second-order valence-corrected chi connectivity index (χ2v) is 5.04. The first-order valence-electron chi connectivity index (χ1n) is 6.46. The Balaban J connectivity index is 2.18. The van der Waals surface area contributed by atoms with Gasteiger partial charge in [-0.3, -0.25) is 14.9 Å². The van der Waals surface area contributed by atoms with E-state index in [-0.39, 0.29) is 17.9 Å². The van der Waals surface area contributed by atoms with Crippen LogP contribution in [0.4, 0.5) is 5.69 Å². The van der Waals surface area contributed by atoms with E-state index in [1.165, 1.54) is 31.2 Å². The van der Waals surface area contributed by atoms with E-state index >= 15 is 0 Å². The summed E-state index contributed by atoms with van der Waals surface area (Å²) in [5, 5.41) is 21.1. The van der Waals surface area contributed by atoms with Crippen molar-refractivity contribution in [3.8, 4) is 0 Å². The van der Waals surface area contributed by atoms with Gasteiger partial charge >= 0.3 is 0 Å². The summed E-state index contributed by atoms with van der Waals surface area (Å²) < 4.78 is 0. The van der Waals surface area contributed by atoms with Crippen LogP contribution in [-0.2, 0) is 5.60 Å². The highest BCUT2D eigenvalue weighted by Crippen LogP contribution is 2.27. The quantitative estimate of drug-likeness (QED) is 0.520. The van der Waals surface area contributed by atoms with Gasteiger partial charge in [0.1, 0.15) is 0 Å². The molecule has 0 heterocycles. The van der Waals surface area contributed by atoms with Crippen LogP contribution in [0.25, 0.3) is 0 Å². The third-order valence-corrected chi connectivity index (χ3v) is 3.30. The van der Waals surface area contributed by atoms with Crippen LogP contribution in [0.2, 0.25) is 0 Å². The number of nitro benzene ring substituents is 1. The molecule has 0 saturated heterocycles. The minimum atomic E-state index is -1.37. The maximum absolute atomic E-state index is 12.1. The fourth-order valence-corrected chi connectivity index (χ4v) is 2.08. The van der Waals surface area contributed by atoms with E-state index in [4.69, 9.17) is 0 Å².